The minimum atomic E-state index is -0.317. The van der Waals surface area contributed by atoms with Gasteiger partial charge in [-0.25, -0.2) is 9.67 Å². The smallest absolute Gasteiger partial charge is 0.254 e. The molecule has 0 radical (unpaired) electrons. The minimum absolute atomic E-state index is 0.0490. The fourth-order valence-corrected chi connectivity index (χ4v) is 4.61. The summed E-state index contributed by atoms with van der Waals surface area (Å²) in [6.45, 7) is 6.80. The molecule has 8 nitrogen and oxygen atoms in total. The molecule has 2 aliphatic rings. The van der Waals surface area contributed by atoms with Crippen molar-refractivity contribution in [1.82, 2.24) is 24.6 Å². The van der Waals surface area contributed by atoms with Crippen LogP contribution in [0.15, 0.2) is 42.6 Å². The number of benzene rings is 1. The lowest BCUT2D eigenvalue weighted by atomic mass is 10.1. The molecule has 2 aromatic heterocycles. The molecule has 2 saturated heterocycles. The third kappa shape index (κ3) is 4.11. The predicted octanol–water partition coefficient (Wildman–Crippen LogP) is 3.14. The van der Waals surface area contributed by atoms with E-state index < -0.39 is 0 Å². The average molecular weight is 448 g/mol. The zero-order chi connectivity index (χ0) is 22.9. The summed E-state index contributed by atoms with van der Waals surface area (Å²) in [5.74, 6) is 0.00239. The van der Waals surface area contributed by atoms with E-state index in [1.807, 2.05) is 50.9 Å². The number of carbonyl (C=O) groups excluding carboxylic acids is 2. The van der Waals surface area contributed by atoms with Gasteiger partial charge in [0.15, 0.2) is 5.65 Å². The third-order valence-electron chi connectivity index (χ3n) is 6.44. The Morgan fingerprint density at radius 1 is 1.06 bits per heavy atom. The summed E-state index contributed by atoms with van der Waals surface area (Å²) in [7, 11) is 0. The molecule has 2 aliphatic heterocycles. The zero-order valence-electron chi connectivity index (χ0n) is 19.1. The van der Waals surface area contributed by atoms with E-state index in [1.165, 1.54) is 0 Å². The molecule has 5 rings (SSSR count). The van der Waals surface area contributed by atoms with Gasteiger partial charge in [0, 0.05) is 44.4 Å². The molecule has 2 fully saturated rings. The van der Waals surface area contributed by atoms with Crippen LogP contribution in [0.25, 0.3) is 22.3 Å². The van der Waals surface area contributed by atoms with Crippen LogP contribution >= 0.6 is 0 Å². The Kier molecular flexibility index (Phi) is 5.85. The number of hydrogen-bond acceptors (Lipinski definition) is 5. The van der Waals surface area contributed by atoms with E-state index in [-0.39, 0.29) is 24.0 Å². The number of pyridine rings is 1. The van der Waals surface area contributed by atoms with E-state index in [0.29, 0.717) is 44.0 Å². The summed E-state index contributed by atoms with van der Waals surface area (Å²) in [5.41, 5.74) is 3.02. The maximum absolute atomic E-state index is 13.6. The van der Waals surface area contributed by atoms with Gasteiger partial charge >= 0.3 is 0 Å². The Bertz CT molecular complexity index is 1160. The van der Waals surface area contributed by atoms with Crippen molar-refractivity contribution < 1.29 is 14.3 Å². The van der Waals surface area contributed by atoms with Gasteiger partial charge in [0.05, 0.1) is 22.8 Å². The second-order valence-electron chi connectivity index (χ2n) is 8.96. The van der Waals surface area contributed by atoms with Crippen LogP contribution in [0.1, 0.15) is 43.1 Å². The highest BCUT2D eigenvalue weighted by Gasteiger charge is 2.32. The van der Waals surface area contributed by atoms with Crippen molar-refractivity contribution in [2.45, 2.75) is 38.8 Å². The van der Waals surface area contributed by atoms with Crippen LogP contribution in [0.2, 0.25) is 0 Å². The number of piperazine rings is 1. The lowest BCUT2D eigenvalue weighted by Gasteiger charge is -2.35. The van der Waals surface area contributed by atoms with Crippen molar-refractivity contribution in [2.24, 2.45) is 0 Å². The van der Waals surface area contributed by atoms with Gasteiger partial charge in [0.2, 0.25) is 0 Å². The van der Waals surface area contributed by atoms with Crippen LogP contribution < -0.4 is 0 Å². The van der Waals surface area contributed by atoms with Gasteiger partial charge < -0.3 is 14.5 Å². The van der Waals surface area contributed by atoms with Gasteiger partial charge in [-0.3, -0.25) is 9.59 Å². The van der Waals surface area contributed by atoms with Crippen molar-refractivity contribution in [2.75, 3.05) is 32.8 Å². The molecule has 1 aromatic carbocycles. The minimum Gasteiger partial charge on any atom is -0.368 e. The standard InChI is InChI=1S/C25H29N5O3/c1-17(2)30-23-20(16-26-30)19(15-21(27-23)18-7-4-3-5-8-18)24(31)28-10-12-29(13-11-28)25(32)22-9-6-14-33-22/h3-5,7-8,15-17,22H,6,9-14H2,1-2H3. The van der Waals surface area contributed by atoms with E-state index in [4.69, 9.17) is 9.72 Å². The molecule has 0 N–H and O–H groups in total. The maximum atomic E-state index is 13.6. The van der Waals surface area contributed by atoms with Crippen molar-refractivity contribution in [3.05, 3.63) is 48.2 Å². The summed E-state index contributed by atoms with van der Waals surface area (Å²) >= 11 is 0. The fraction of sp³-hybridized carbons (Fsp3) is 0.440. The monoisotopic (exact) mass is 447 g/mol. The number of ether oxygens (including phenoxy) is 1. The molecule has 172 valence electrons. The van der Waals surface area contributed by atoms with Crippen LogP contribution in [-0.2, 0) is 9.53 Å². The van der Waals surface area contributed by atoms with Gasteiger partial charge in [-0.15, -0.1) is 0 Å². The van der Waals surface area contributed by atoms with E-state index in [2.05, 4.69) is 18.9 Å². The van der Waals surface area contributed by atoms with E-state index in [0.717, 1.165) is 29.5 Å². The van der Waals surface area contributed by atoms with E-state index >= 15 is 0 Å². The molecule has 0 saturated carbocycles. The Balaban J connectivity index is 1.43. The van der Waals surface area contributed by atoms with Gasteiger partial charge in [0.1, 0.15) is 6.10 Å². The molecule has 1 unspecified atom stereocenters. The Morgan fingerprint density at radius 2 is 1.79 bits per heavy atom. The lowest BCUT2D eigenvalue weighted by Crippen LogP contribution is -2.52. The Hall–Kier alpha value is -3.26. The zero-order valence-corrected chi connectivity index (χ0v) is 19.1. The molecule has 1 atom stereocenters. The van der Waals surface area contributed by atoms with Crippen molar-refractivity contribution in [3.63, 3.8) is 0 Å². The molecule has 2 amide bonds. The first kappa shape index (κ1) is 21.6. The molecule has 8 heteroatoms. The first-order chi connectivity index (χ1) is 16.0. The Labute approximate surface area is 193 Å². The normalized spacial score (nSPS) is 18.9. The Morgan fingerprint density at radius 3 is 2.45 bits per heavy atom. The van der Waals surface area contributed by atoms with Gasteiger partial charge in [-0.05, 0) is 32.8 Å². The highest BCUT2D eigenvalue weighted by molar-refractivity contribution is 6.06. The van der Waals surface area contributed by atoms with Crippen molar-refractivity contribution in [3.8, 4) is 11.3 Å². The van der Waals surface area contributed by atoms with Crippen LogP contribution in [0.4, 0.5) is 0 Å². The van der Waals surface area contributed by atoms with Crippen LogP contribution in [-0.4, -0.2) is 75.3 Å². The molecular formula is C25H29N5O3. The molecule has 0 aliphatic carbocycles. The third-order valence-corrected chi connectivity index (χ3v) is 6.44. The number of aromatic nitrogens is 3. The van der Waals surface area contributed by atoms with E-state index in [1.54, 1.807) is 6.20 Å². The number of amides is 2. The average Bonchev–Trinajstić information content (AvgIpc) is 3.53. The first-order valence-electron chi connectivity index (χ1n) is 11.7. The molecule has 3 aromatic rings. The lowest BCUT2D eigenvalue weighted by molar-refractivity contribution is -0.142. The maximum Gasteiger partial charge on any atom is 0.254 e. The second-order valence-corrected chi connectivity index (χ2v) is 8.96. The highest BCUT2D eigenvalue weighted by Crippen LogP contribution is 2.27. The number of rotatable bonds is 4. The number of fused-ring (bicyclic) bond motifs is 1. The molecule has 4 heterocycles. The fourth-order valence-electron chi connectivity index (χ4n) is 4.61. The summed E-state index contributed by atoms with van der Waals surface area (Å²) < 4.78 is 7.41. The van der Waals surface area contributed by atoms with Gasteiger partial charge in [-0.2, -0.15) is 5.10 Å². The highest BCUT2D eigenvalue weighted by atomic mass is 16.5. The summed E-state index contributed by atoms with van der Waals surface area (Å²) in [6.07, 6.45) is 3.14. The second kappa shape index (κ2) is 8.94. The van der Waals surface area contributed by atoms with Crippen molar-refractivity contribution >= 4 is 22.8 Å². The number of nitrogens with zero attached hydrogens (tertiary/aromatic N) is 5. The summed E-state index contributed by atoms with van der Waals surface area (Å²) in [5, 5.41) is 5.27. The van der Waals surface area contributed by atoms with Crippen LogP contribution in [0.5, 0.6) is 0 Å². The van der Waals surface area contributed by atoms with Gasteiger partial charge in [0.25, 0.3) is 11.8 Å². The quantitative estimate of drug-likeness (QED) is 0.614. The van der Waals surface area contributed by atoms with Crippen LogP contribution in [0.3, 0.4) is 0 Å². The molecule has 0 bridgehead atoms. The SMILES string of the molecule is CC(C)n1ncc2c(C(=O)N3CCN(C(=O)C4CCCO4)CC3)cc(-c3ccccc3)nc21. The topological polar surface area (TPSA) is 80.6 Å². The molecular weight excluding hydrogens is 418 g/mol. The predicted molar refractivity (Wildman–Crippen MR) is 125 cm³/mol. The van der Waals surface area contributed by atoms with Gasteiger partial charge in [-0.1, -0.05) is 30.3 Å². The first-order valence-corrected chi connectivity index (χ1v) is 11.7. The van der Waals surface area contributed by atoms with Crippen molar-refractivity contribution in [1.29, 1.82) is 0 Å². The molecule has 33 heavy (non-hydrogen) atoms. The number of hydrogen-bond donors (Lipinski definition) is 0. The van der Waals surface area contributed by atoms with E-state index in [9.17, 15) is 9.59 Å². The molecule has 0 spiro atoms. The largest absolute Gasteiger partial charge is 0.368 e. The number of carbonyl (C=O) groups is 2. The summed E-state index contributed by atoms with van der Waals surface area (Å²) in [6, 6.07) is 11.9. The summed E-state index contributed by atoms with van der Waals surface area (Å²) in [4.78, 5) is 34.8. The van der Waals surface area contributed by atoms with Crippen LogP contribution in [0, 0.1) is 0 Å².